The van der Waals surface area contributed by atoms with Crippen LogP contribution in [0.5, 0.6) is 11.5 Å². The number of hydrogen-bond donors (Lipinski definition) is 5. The first-order chi connectivity index (χ1) is 18.9. The van der Waals surface area contributed by atoms with Crippen molar-refractivity contribution in [2.75, 3.05) is 49.2 Å². The molecule has 0 aliphatic heterocycles. The monoisotopic (exact) mass is 559 g/mol. The Bertz CT molecular complexity index is 1300. The Kier molecular flexibility index (Phi) is 11.1. The smallest absolute Gasteiger partial charge is 0.392 e. The fourth-order valence-corrected chi connectivity index (χ4v) is 3.58. The van der Waals surface area contributed by atoms with E-state index in [2.05, 4.69) is 4.98 Å². The number of benzene rings is 2. The Labute approximate surface area is 227 Å². The van der Waals surface area contributed by atoms with Crippen LogP contribution in [0.4, 0.5) is 11.4 Å². The molecule has 212 valence electrons. The van der Waals surface area contributed by atoms with Crippen molar-refractivity contribution in [1.82, 2.24) is 0 Å². The Hall–Kier alpha value is -5.52. The predicted molar refractivity (Wildman–Crippen MR) is 139 cm³/mol. The standard InChI is InChI=1S/C25H26N4O11/c1-15-2-5-18(29(13-24(35)36)14-25(37)38)21(8-15)40-7-6-39-20-9-16(3-4-17(20)19(30)10-27-26)28(11-22(31)32)12-23(33)34/h2-5,8-10H,6-7,11-14H2,1H3,(H4-,30,31,32,33,34,35,36,37,38)/p+1/b19-10-. The lowest BCUT2D eigenvalue weighted by molar-refractivity contribution is -0.138. The molecule has 0 heterocycles. The Morgan fingerprint density at radius 1 is 0.775 bits per heavy atom. The van der Waals surface area contributed by atoms with E-state index in [4.69, 9.17) is 25.1 Å². The van der Waals surface area contributed by atoms with Crippen LogP contribution in [0, 0.1) is 12.3 Å². The highest BCUT2D eigenvalue weighted by Crippen LogP contribution is 2.32. The van der Waals surface area contributed by atoms with Crippen LogP contribution in [-0.4, -0.2) is 88.8 Å². The molecule has 2 aromatic carbocycles. The van der Waals surface area contributed by atoms with Crippen molar-refractivity contribution >= 4 is 41.0 Å². The van der Waals surface area contributed by atoms with Crippen molar-refractivity contribution in [3.63, 3.8) is 0 Å². The van der Waals surface area contributed by atoms with Gasteiger partial charge in [0.25, 0.3) is 0 Å². The second-order valence-electron chi connectivity index (χ2n) is 8.27. The summed E-state index contributed by atoms with van der Waals surface area (Å²) in [4.78, 5) is 49.9. The van der Waals surface area contributed by atoms with Crippen molar-refractivity contribution < 1.29 is 54.2 Å². The molecule has 0 aliphatic carbocycles. The fraction of sp³-hybridized carbons (Fsp3) is 0.280. The minimum atomic E-state index is -1.28. The van der Waals surface area contributed by atoms with E-state index >= 15 is 0 Å². The van der Waals surface area contributed by atoms with Crippen molar-refractivity contribution in [2.24, 2.45) is 0 Å². The second-order valence-corrected chi connectivity index (χ2v) is 8.27. The number of hydrogen-bond acceptors (Lipinski definition) is 10. The van der Waals surface area contributed by atoms with E-state index in [0.717, 1.165) is 21.6 Å². The Balaban J connectivity index is 2.31. The largest absolute Gasteiger partial charge is 0.501 e. The number of aliphatic hydroxyl groups is 1. The zero-order valence-corrected chi connectivity index (χ0v) is 21.3. The maximum Gasteiger partial charge on any atom is 0.392 e. The van der Waals surface area contributed by atoms with Gasteiger partial charge < -0.3 is 44.8 Å². The lowest BCUT2D eigenvalue weighted by Crippen LogP contribution is -2.34. The summed E-state index contributed by atoms with van der Waals surface area (Å²) in [5.74, 6) is -5.39. The molecule has 0 amide bonds. The van der Waals surface area contributed by atoms with Gasteiger partial charge in [-0.25, -0.2) is 0 Å². The molecule has 15 heteroatoms. The predicted octanol–water partition coefficient (Wildman–Crippen LogP) is 2.11. The molecule has 15 nitrogen and oxygen atoms in total. The number of carboxylic acids is 4. The molecule has 0 saturated heterocycles. The second kappa shape index (κ2) is 14.4. The van der Waals surface area contributed by atoms with Gasteiger partial charge in [-0.05, 0) is 36.8 Å². The molecule has 5 N–H and O–H groups in total. The summed E-state index contributed by atoms with van der Waals surface area (Å²) in [6.45, 7) is -1.03. The van der Waals surface area contributed by atoms with Gasteiger partial charge in [-0.15, -0.1) is 0 Å². The maximum absolute atomic E-state index is 11.3. The van der Waals surface area contributed by atoms with Gasteiger partial charge in [0.1, 0.15) is 50.9 Å². The number of anilines is 2. The number of rotatable bonds is 16. The summed E-state index contributed by atoms with van der Waals surface area (Å²) < 4.78 is 11.5. The number of aliphatic carboxylic acids is 4. The van der Waals surface area contributed by atoms with Crippen LogP contribution in [-0.2, 0) is 19.2 Å². The van der Waals surface area contributed by atoms with Gasteiger partial charge in [0, 0.05) is 11.8 Å². The van der Waals surface area contributed by atoms with E-state index in [1.54, 1.807) is 19.1 Å². The minimum absolute atomic E-state index is 0.0258. The van der Waals surface area contributed by atoms with Crippen LogP contribution >= 0.6 is 0 Å². The third-order valence-electron chi connectivity index (χ3n) is 5.15. The van der Waals surface area contributed by atoms with Gasteiger partial charge >= 0.3 is 30.1 Å². The first-order valence-corrected chi connectivity index (χ1v) is 11.5. The first kappa shape index (κ1) is 30.7. The van der Waals surface area contributed by atoms with Gasteiger partial charge in [0.05, 0.1) is 11.3 Å². The molecule has 0 unspecified atom stereocenters. The molecule has 0 aliphatic rings. The summed E-state index contributed by atoms with van der Waals surface area (Å²) in [6, 6.07) is 8.74. The number of carbonyl (C=O) groups is 4. The van der Waals surface area contributed by atoms with Gasteiger partial charge in [0.15, 0.2) is 4.98 Å². The fourth-order valence-electron chi connectivity index (χ4n) is 3.58. The molecular weight excluding hydrogens is 532 g/mol. The summed E-state index contributed by atoms with van der Waals surface area (Å²) in [6.07, 6.45) is 0.725. The number of aliphatic hydroxyl groups excluding tert-OH is 1. The van der Waals surface area contributed by atoms with Gasteiger partial charge in [0.2, 0.25) is 11.2 Å². The number of carboxylic acid groups (broad SMARTS) is 4. The van der Waals surface area contributed by atoms with Crippen LogP contribution in [0.25, 0.3) is 10.7 Å². The zero-order valence-electron chi connectivity index (χ0n) is 21.3. The van der Waals surface area contributed by atoms with E-state index < -0.39 is 55.8 Å². The van der Waals surface area contributed by atoms with Gasteiger partial charge in [-0.1, -0.05) is 6.07 Å². The molecule has 0 saturated carbocycles. The van der Waals surface area contributed by atoms with Crippen LogP contribution in [0.2, 0.25) is 0 Å². The summed E-state index contributed by atoms with van der Waals surface area (Å²) in [7, 11) is 0. The molecule has 40 heavy (non-hydrogen) atoms. The van der Waals surface area contributed by atoms with Crippen molar-refractivity contribution in [3.05, 3.63) is 58.7 Å². The van der Waals surface area contributed by atoms with Crippen LogP contribution < -0.4 is 19.3 Å². The maximum atomic E-state index is 11.3. The third kappa shape index (κ3) is 9.41. The lowest BCUT2D eigenvalue weighted by Gasteiger charge is -2.24. The van der Waals surface area contributed by atoms with Crippen LogP contribution in [0.3, 0.4) is 0 Å². The van der Waals surface area contributed by atoms with Crippen molar-refractivity contribution in [1.29, 1.82) is 5.39 Å². The van der Waals surface area contributed by atoms with Crippen molar-refractivity contribution in [2.45, 2.75) is 6.92 Å². The van der Waals surface area contributed by atoms with Gasteiger partial charge in [-0.3, -0.25) is 19.2 Å². The van der Waals surface area contributed by atoms with Crippen LogP contribution in [0.15, 0.2) is 42.6 Å². The highest BCUT2D eigenvalue weighted by Gasteiger charge is 2.20. The third-order valence-corrected chi connectivity index (χ3v) is 5.15. The Morgan fingerprint density at radius 3 is 1.82 bits per heavy atom. The van der Waals surface area contributed by atoms with E-state index in [0.29, 0.717) is 0 Å². The van der Waals surface area contributed by atoms with Gasteiger partial charge in [-0.2, -0.15) is 0 Å². The quantitative estimate of drug-likeness (QED) is 0.113. The van der Waals surface area contributed by atoms with E-state index in [1.807, 2.05) is 0 Å². The number of aryl methyl sites for hydroxylation is 1. The first-order valence-electron chi connectivity index (χ1n) is 11.5. The molecular formula is C25H27N4O11+. The molecule has 0 radical (unpaired) electrons. The number of ether oxygens (including phenoxy) is 2. The highest BCUT2D eigenvalue weighted by molar-refractivity contribution is 5.82. The average molecular weight is 560 g/mol. The molecule has 0 spiro atoms. The summed E-state index contributed by atoms with van der Waals surface area (Å²) in [5, 5.41) is 55.7. The number of diazo groups is 1. The Morgan fingerprint density at radius 2 is 1.30 bits per heavy atom. The van der Waals surface area contributed by atoms with E-state index in [-0.39, 0.29) is 41.7 Å². The molecule has 2 rings (SSSR count). The minimum Gasteiger partial charge on any atom is -0.501 e. The van der Waals surface area contributed by atoms with E-state index in [9.17, 15) is 34.5 Å². The topological polar surface area (TPSA) is 223 Å². The van der Waals surface area contributed by atoms with Crippen LogP contribution in [0.1, 0.15) is 11.1 Å². The zero-order chi connectivity index (χ0) is 29.8. The summed E-state index contributed by atoms with van der Waals surface area (Å²) in [5.41, 5.74) is 1.16. The molecule has 0 bridgehead atoms. The lowest BCUT2D eigenvalue weighted by atomic mass is 10.1. The highest BCUT2D eigenvalue weighted by atomic mass is 16.5. The SMILES string of the molecule is Cc1ccc(N(CC(=O)O)CC(=O)O)c(OCCOc2cc(N(CC(=O)O)CC(=O)O)ccc2/C(O)=C/[N+]#N)c1. The molecule has 0 fully saturated rings. The normalized spacial score (nSPS) is 10.8. The number of nitrogens with zero attached hydrogens (tertiary/aromatic N) is 4. The average Bonchev–Trinajstić information content (AvgIpc) is 2.85. The molecule has 0 aromatic heterocycles. The summed E-state index contributed by atoms with van der Waals surface area (Å²) >= 11 is 0. The van der Waals surface area contributed by atoms with Crippen molar-refractivity contribution in [3.8, 4) is 11.5 Å². The molecule has 2 aromatic rings. The molecule has 0 atom stereocenters. The van der Waals surface area contributed by atoms with E-state index in [1.165, 1.54) is 24.3 Å².